The number of halogens is 3. The van der Waals surface area contributed by atoms with Crippen molar-refractivity contribution in [3.8, 4) is 0 Å². The number of hydrogen-bond donors (Lipinski definition) is 1. The van der Waals surface area contributed by atoms with Crippen LogP contribution in [-0.2, 0) is 0 Å². The quantitative estimate of drug-likeness (QED) is 0.661. The summed E-state index contributed by atoms with van der Waals surface area (Å²) in [6.07, 6.45) is 6.95. The molecule has 1 fully saturated rings. The van der Waals surface area contributed by atoms with Crippen molar-refractivity contribution in [3.63, 3.8) is 0 Å². The van der Waals surface area contributed by atoms with E-state index in [-0.39, 0.29) is 16.7 Å². The van der Waals surface area contributed by atoms with Gasteiger partial charge in [-0.3, -0.25) is 0 Å². The SMILES string of the molecule is CCCC1CCC(Nc2ccccc2SC(F)(F)F)CC1. The molecule has 0 saturated heterocycles. The molecule has 2 rings (SSSR count). The van der Waals surface area contributed by atoms with Crippen LogP contribution in [0.4, 0.5) is 18.9 Å². The molecule has 0 amide bonds. The highest BCUT2D eigenvalue weighted by molar-refractivity contribution is 8.00. The van der Waals surface area contributed by atoms with Gasteiger partial charge in [-0.25, -0.2) is 0 Å². The lowest BCUT2D eigenvalue weighted by Crippen LogP contribution is -2.26. The van der Waals surface area contributed by atoms with Gasteiger partial charge in [0.1, 0.15) is 0 Å². The van der Waals surface area contributed by atoms with Gasteiger partial charge in [0.2, 0.25) is 0 Å². The van der Waals surface area contributed by atoms with E-state index in [1.54, 1.807) is 18.2 Å². The molecule has 0 radical (unpaired) electrons. The van der Waals surface area contributed by atoms with Crippen molar-refractivity contribution in [1.29, 1.82) is 0 Å². The zero-order valence-corrected chi connectivity index (χ0v) is 13.1. The van der Waals surface area contributed by atoms with Crippen molar-refractivity contribution in [3.05, 3.63) is 24.3 Å². The molecule has 1 aromatic carbocycles. The van der Waals surface area contributed by atoms with E-state index in [1.807, 2.05) is 0 Å². The van der Waals surface area contributed by atoms with Gasteiger partial charge in [0.15, 0.2) is 0 Å². The maximum Gasteiger partial charge on any atom is 0.446 e. The van der Waals surface area contributed by atoms with Gasteiger partial charge in [-0.1, -0.05) is 31.9 Å². The van der Waals surface area contributed by atoms with Crippen LogP contribution in [0.5, 0.6) is 0 Å². The predicted octanol–water partition coefficient (Wildman–Crippen LogP) is 6.07. The van der Waals surface area contributed by atoms with Gasteiger partial charge in [-0.05, 0) is 55.5 Å². The van der Waals surface area contributed by atoms with Crippen molar-refractivity contribution in [2.24, 2.45) is 5.92 Å². The molecule has 1 N–H and O–H groups in total. The zero-order valence-electron chi connectivity index (χ0n) is 12.2. The minimum atomic E-state index is -4.24. The van der Waals surface area contributed by atoms with E-state index in [0.29, 0.717) is 11.7 Å². The summed E-state index contributed by atoms with van der Waals surface area (Å²) in [7, 11) is 0. The molecule has 0 unspecified atom stereocenters. The van der Waals surface area contributed by atoms with Gasteiger partial charge in [-0.15, -0.1) is 0 Å². The maximum atomic E-state index is 12.6. The molecule has 1 aromatic rings. The summed E-state index contributed by atoms with van der Waals surface area (Å²) in [5.41, 5.74) is -3.63. The van der Waals surface area contributed by atoms with E-state index in [9.17, 15) is 13.2 Å². The summed E-state index contributed by atoms with van der Waals surface area (Å²) in [6.45, 7) is 2.20. The Hall–Kier alpha value is -0.840. The summed E-state index contributed by atoms with van der Waals surface area (Å²) in [4.78, 5) is 0.265. The van der Waals surface area contributed by atoms with Crippen LogP contribution in [0.15, 0.2) is 29.2 Å². The first-order chi connectivity index (χ1) is 9.98. The molecule has 0 aromatic heterocycles. The van der Waals surface area contributed by atoms with Crippen LogP contribution in [0.1, 0.15) is 45.4 Å². The van der Waals surface area contributed by atoms with Crippen molar-refractivity contribution >= 4 is 17.4 Å². The molecule has 0 bridgehead atoms. The molecule has 21 heavy (non-hydrogen) atoms. The van der Waals surface area contributed by atoms with E-state index in [4.69, 9.17) is 0 Å². The fraction of sp³-hybridized carbons (Fsp3) is 0.625. The first-order valence-corrected chi connectivity index (χ1v) is 8.41. The van der Waals surface area contributed by atoms with Gasteiger partial charge in [0.25, 0.3) is 0 Å². The second-order valence-electron chi connectivity index (χ2n) is 5.69. The van der Waals surface area contributed by atoms with E-state index in [1.165, 1.54) is 31.7 Å². The highest BCUT2D eigenvalue weighted by atomic mass is 32.2. The third-order valence-electron chi connectivity index (χ3n) is 4.02. The molecule has 1 aliphatic carbocycles. The highest BCUT2D eigenvalue weighted by Gasteiger charge is 2.30. The lowest BCUT2D eigenvalue weighted by molar-refractivity contribution is -0.0327. The summed E-state index contributed by atoms with van der Waals surface area (Å²) in [5.74, 6) is 0.799. The van der Waals surface area contributed by atoms with E-state index < -0.39 is 5.51 Å². The molecule has 1 saturated carbocycles. The average Bonchev–Trinajstić information content (AvgIpc) is 2.42. The van der Waals surface area contributed by atoms with Crippen LogP contribution in [-0.4, -0.2) is 11.6 Å². The monoisotopic (exact) mass is 317 g/mol. The Kier molecular flexibility index (Phi) is 5.85. The van der Waals surface area contributed by atoms with Crippen LogP contribution in [0, 0.1) is 5.92 Å². The van der Waals surface area contributed by atoms with E-state index in [0.717, 1.165) is 18.8 Å². The number of alkyl halides is 3. The average molecular weight is 317 g/mol. The highest BCUT2D eigenvalue weighted by Crippen LogP contribution is 2.41. The Bertz CT molecular complexity index is 439. The van der Waals surface area contributed by atoms with E-state index in [2.05, 4.69) is 12.2 Å². The molecule has 0 heterocycles. The van der Waals surface area contributed by atoms with Crippen molar-refractivity contribution in [2.45, 2.75) is 61.9 Å². The Morgan fingerprint density at radius 2 is 1.81 bits per heavy atom. The van der Waals surface area contributed by atoms with Crippen LogP contribution < -0.4 is 5.32 Å². The first kappa shape index (κ1) is 16.5. The lowest BCUT2D eigenvalue weighted by atomic mass is 9.83. The minimum Gasteiger partial charge on any atom is -0.381 e. The van der Waals surface area contributed by atoms with Gasteiger partial charge in [0.05, 0.1) is 0 Å². The molecular formula is C16H22F3NS. The smallest absolute Gasteiger partial charge is 0.381 e. The molecule has 118 valence electrons. The van der Waals surface area contributed by atoms with E-state index >= 15 is 0 Å². The normalized spacial score (nSPS) is 23.0. The number of thioether (sulfide) groups is 1. The lowest BCUT2D eigenvalue weighted by Gasteiger charge is -2.30. The number of hydrogen-bond acceptors (Lipinski definition) is 2. The van der Waals surface area contributed by atoms with Gasteiger partial charge in [0, 0.05) is 16.6 Å². The largest absolute Gasteiger partial charge is 0.446 e. The predicted molar refractivity (Wildman–Crippen MR) is 82.6 cm³/mol. The minimum absolute atomic E-state index is 0.0379. The van der Waals surface area contributed by atoms with Crippen LogP contribution >= 0.6 is 11.8 Å². The van der Waals surface area contributed by atoms with Gasteiger partial charge < -0.3 is 5.32 Å². The summed E-state index contributed by atoms with van der Waals surface area (Å²) in [6, 6.07) is 7.01. The Morgan fingerprint density at radius 3 is 2.43 bits per heavy atom. The number of rotatable bonds is 5. The fourth-order valence-electron chi connectivity index (χ4n) is 3.02. The Balaban J connectivity index is 1.94. The zero-order chi connectivity index (χ0) is 15.3. The standard InChI is InChI=1S/C16H22F3NS/c1-2-5-12-8-10-13(11-9-12)20-14-6-3-4-7-15(14)21-16(17,18)19/h3-4,6-7,12-13,20H,2,5,8-11H2,1H3. The Labute approximate surface area is 128 Å². The number of anilines is 1. The van der Waals surface area contributed by atoms with Crippen molar-refractivity contribution in [2.75, 3.05) is 5.32 Å². The summed E-state index contributed by atoms with van der Waals surface area (Å²) >= 11 is -0.0379. The van der Waals surface area contributed by atoms with Crippen molar-refractivity contribution in [1.82, 2.24) is 0 Å². The molecule has 5 heteroatoms. The van der Waals surface area contributed by atoms with Gasteiger partial charge in [-0.2, -0.15) is 13.2 Å². The molecule has 0 aliphatic heterocycles. The number of nitrogens with one attached hydrogen (secondary N) is 1. The molecule has 0 atom stereocenters. The fourth-order valence-corrected chi connectivity index (χ4v) is 3.66. The molecule has 0 spiro atoms. The van der Waals surface area contributed by atoms with Gasteiger partial charge >= 0.3 is 5.51 Å². The molecule has 1 aliphatic rings. The summed E-state index contributed by atoms with van der Waals surface area (Å²) < 4.78 is 37.7. The Morgan fingerprint density at radius 1 is 1.14 bits per heavy atom. The first-order valence-electron chi connectivity index (χ1n) is 7.59. The molecule has 1 nitrogen and oxygen atoms in total. The van der Waals surface area contributed by atoms with Crippen molar-refractivity contribution < 1.29 is 13.2 Å². The number of benzene rings is 1. The van der Waals surface area contributed by atoms with Crippen LogP contribution in [0.3, 0.4) is 0 Å². The number of para-hydroxylation sites is 1. The third kappa shape index (κ3) is 5.46. The maximum absolute atomic E-state index is 12.6. The van der Waals surface area contributed by atoms with Crippen LogP contribution in [0.2, 0.25) is 0 Å². The summed E-state index contributed by atoms with van der Waals surface area (Å²) in [5, 5.41) is 3.31. The topological polar surface area (TPSA) is 12.0 Å². The molecular weight excluding hydrogens is 295 g/mol. The van der Waals surface area contributed by atoms with Crippen LogP contribution in [0.25, 0.3) is 0 Å². The second-order valence-corrected chi connectivity index (χ2v) is 6.80. The second kappa shape index (κ2) is 7.43. The third-order valence-corrected chi connectivity index (χ3v) is 4.82.